The number of hydrazone groups is 1. The third kappa shape index (κ3) is 9.18. The van der Waals surface area contributed by atoms with Crippen LogP contribution in [-0.4, -0.2) is 55.0 Å². The number of rotatable bonds is 13. The Kier molecular flexibility index (Phi) is 11.2. The van der Waals surface area contributed by atoms with Gasteiger partial charge in [0.05, 0.1) is 18.3 Å². The molecule has 0 radical (unpaired) electrons. The van der Waals surface area contributed by atoms with E-state index in [2.05, 4.69) is 15.8 Å². The molecule has 0 fully saturated rings. The molecule has 0 saturated carbocycles. The smallest absolute Gasteiger partial charge is 0.341 e. The third-order valence-corrected chi connectivity index (χ3v) is 5.94. The van der Waals surface area contributed by atoms with E-state index in [1.807, 2.05) is 30.3 Å². The first-order valence-electron chi connectivity index (χ1n) is 12.0. The average Bonchev–Trinajstić information content (AvgIpc) is 2.93. The monoisotopic (exact) mass is 587 g/mol. The summed E-state index contributed by atoms with van der Waals surface area (Å²) in [5, 5.41) is 16.2. The van der Waals surface area contributed by atoms with E-state index in [1.54, 1.807) is 24.3 Å². The van der Waals surface area contributed by atoms with Gasteiger partial charge in [-0.2, -0.15) is 5.10 Å². The highest BCUT2D eigenvalue weighted by molar-refractivity contribution is 6.35. The Morgan fingerprint density at radius 2 is 1.70 bits per heavy atom. The lowest BCUT2D eigenvalue weighted by Crippen LogP contribution is -2.50. The van der Waals surface area contributed by atoms with E-state index >= 15 is 0 Å². The number of carboxylic acid groups (broad SMARTS) is 1. The van der Waals surface area contributed by atoms with Gasteiger partial charge in [-0.1, -0.05) is 53.5 Å². The van der Waals surface area contributed by atoms with Crippen molar-refractivity contribution in [3.8, 4) is 17.2 Å². The SMILES string of the molecule is COc1cc(/C=N\NC(=O)[C@H](Cc2ccccc2)NC(=O)[C@H](C)Oc2ccc(Cl)cc2Cl)ccc1OCC(=O)O. The molecular formula is C28H27Cl2N3O7. The fourth-order valence-electron chi connectivity index (χ4n) is 3.43. The first kappa shape index (κ1) is 30.3. The molecule has 0 heterocycles. The molecule has 0 bridgehead atoms. The van der Waals surface area contributed by atoms with Crippen LogP contribution >= 0.6 is 23.2 Å². The number of carbonyl (C=O) groups is 3. The van der Waals surface area contributed by atoms with Crippen molar-refractivity contribution < 1.29 is 33.7 Å². The third-order valence-electron chi connectivity index (χ3n) is 5.41. The number of halogens is 2. The van der Waals surface area contributed by atoms with Crippen molar-refractivity contribution in [2.75, 3.05) is 13.7 Å². The highest BCUT2D eigenvalue weighted by Gasteiger charge is 2.25. The number of methoxy groups -OCH3 is 1. The van der Waals surface area contributed by atoms with Crippen LogP contribution in [0, 0.1) is 0 Å². The molecule has 3 aromatic carbocycles. The predicted octanol–water partition coefficient (Wildman–Crippen LogP) is 4.11. The minimum absolute atomic E-state index is 0.200. The van der Waals surface area contributed by atoms with Crippen LogP contribution in [0.3, 0.4) is 0 Å². The second-order valence-corrected chi connectivity index (χ2v) is 9.26. The van der Waals surface area contributed by atoms with E-state index in [1.165, 1.54) is 32.4 Å². The minimum atomic E-state index is -1.12. The summed E-state index contributed by atoms with van der Waals surface area (Å²) in [5.74, 6) is -1.40. The first-order valence-corrected chi connectivity index (χ1v) is 12.7. The van der Waals surface area contributed by atoms with Gasteiger partial charge in [-0.3, -0.25) is 9.59 Å². The summed E-state index contributed by atoms with van der Waals surface area (Å²) < 4.78 is 16.1. The van der Waals surface area contributed by atoms with Gasteiger partial charge in [0.2, 0.25) is 0 Å². The van der Waals surface area contributed by atoms with Gasteiger partial charge in [-0.25, -0.2) is 10.2 Å². The molecule has 0 saturated heterocycles. The highest BCUT2D eigenvalue weighted by atomic mass is 35.5. The molecule has 0 aliphatic rings. The standard InChI is InChI=1S/C28H27Cl2N3O7/c1-17(40-23-11-9-20(29)14-21(23)30)27(36)32-22(12-18-6-4-3-5-7-18)28(37)33-31-15-19-8-10-24(25(13-19)38-2)39-16-26(34)35/h3-11,13-15,17,22H,12,16H2,1-2H3,(H,32,36)(H,33,37)(H,34,35)/b31-15-/t17-,22-/m0/s1. The topological polar surface area (TPSA) is 136 Å². The van der Waals surface area contributed by atoms with Crippen LogP contribution in [0.4, 0.5) is 0 Å². The predicted molar refractivity (Wildman–Crippen MR) is 150 cm³/mol. The number of nitrogens with zero attached hydrogens (tertiary/aromatic N) is 1. The number of benzene rings is 3. The summed E-state index contributed by atoms with van der Waals surface area (Å²) in [5.41, 5.74) is 3.81. The zero-order valence-electron chi connectivity index (χ0n) is 21.6. The molecule has 40 heavy (non-hydrogen) atoms. The number of aliphatic carboxylic acids is 1. The maximum atomic E-state index is 13.1. The molecule has 0 aliphatic heterocycles. The van der Waals surface area contributed by atoms with Gasteiger partial charge in [0.1, 0.15) is 11.8 Å². The van der Waals surface area contributed by atoms with Crippen LogP contribution in [0.25, 0.3) is 0 Å². The largest absolute Gasteiger partial charge is 0.493 e. The molecule has 0 aliphatic carbocycles. The molecule has 210 valence electrons. The second-order valence-electron chi connectivity index (χ2n) is 8.41. The van der Waals surface area contributed by atoms with Crippen molar-refractivity contribution >= 4 is 47.2 Å². The van der Waals surface area contributed by atoms with Crippen LogP contribution in [0.15, 0.2) is 71.8 Å². The molecule has 3 rings (SSSR count). The van der Waals surface area contributed by atoms with Gasteiger partial charge < -0.3 is 24.6 Å². The molecule has 2 amide bonds. The fraction of sp³-hybridized carbons (Fsp3) is 0.214. The summed E-state index contributed by atoms with van der Waals surface area (Å²) in [7, 11) is 1.41. The number of ether oxygens (including phenoxy) is 3. The van der Waals surface area contributed by atoms with Crippen LogP contribution in [0.2, 0.25) is 10.0 Å². The van der Waals surface area contributed by atoms with Crippen molar-refractivity contribution in [3.63, 3.8) is 0 Å². The van der Waals surface area contributed by atoms with Crippen LogP contribution in [0.1, 0.15) is 18.1 Å². The van der Waals surface area contributed by atoms with Gasteiger partial charge >= 0.3 is 5.97 Å². The lowest BCUT2D eigenvalue weighted by molar-refractivity contribution is -0.139. The Morgan fingerprint density at radius 3 is 2.38 bits per heavy atom. The summed E-state index contributed by atoms with van der Waals surface area (Å²) in [6.07, 6.45) is 0.602. The Balaban J connectivity index is 1.69. The first-order chi connectivity index (χ1) is 19.2. The van der Waals surface area contributed by atoms with Crippen LogP contribution in [-0.2, 0) is 20.8 Å². The van der Waals surface area contributed by atoms with Crippen LogP contribution < -0.4 is 25.0 Å². The van der Waals surface area contributed by atoms with Gasteiger partial charge in [0.15, 0.2) is 24.2 Å². The van der Waals surface area contributed by atoms with E-state index in [-0.39, 0.29) is 22.9 Å². The summed E-state index contributed by atoms with van der Waals surface area (Å²) >= 11 is 12.1. The Hall–Kier alpha value is -4.28. The van der Waals surface area contributed by atoms with Crippen molar-refractivity contribution in [1.29, 1.82) is 0 Å². The number of nitrogens with one attached hydrogen (secondary N) is 2. The Labute approximate surface area is 240 Å². The van der Waals surface area contributed by atoms with Crippen molar-refractivity contribution in [3.05, 3.63) is 87.9 Å². The van der Waals surface area contributed by atoms with Gasteiger partial charge in [-0.05, 0) is 54.4 Å². The second kappa shape index (κ2) is 14.8. The number of carboxylic acids is 1. The van der Waals surface area contributed by atoms with E-state index in [9.17, 15) is 14.4 Å². The zero-order chi connectivity index (χ0) is 29.1. The quantitative estimate of drug-likeness (QED) is 0.202. The van der Waals surface area contributed by atoms with Crippen molar-refractivity contribution in [1.82, 2.24) is 10.7 Å². The van der Waals surface area contributed by atoms with E-state index in [0.29, 0.717) is 16.3 Å². The lowest BCUT2D eigenvalue weighted by Gasteiger charge is -2.21. The Morgan fingerprint density at radius 1 is 0.975 bits per heavy atom. The number of hydrogen-bond acceptors (Lipinski definition) is 7. The molecule has 0 aromatic heterocycles. The zero-order valence-corrected chi connectivity index (χ0v) is 23.1. The molecule has 10 nitrogen and oxygen atoms in total. The number of amides is 2. The highest BCUT2D eigenvalue weighted by Crippen LogP contribution is 2.29. The summed E-state index contributed by atoms with van der Waals surface area (Å²) in [4.78, 5) is 36.7. The average molecular weight is 588 g/mol. The molecule has 0 unspecified atom stereocenters. The fourth-order valence-corrected chi connectivity index (χ4v) is 3.89. The normalized spacial score (nSPS) is 12.3. The maximum absolute atomic E-state index is 13.1. The van der Waals surface area contributed by atoms with Gasteiger partial charge in [0.25, 0.3) is 11.8 Å². The van der Waals surface area contributed by atoms with Crippen molar-refractivity contribution in [2.24, 2.45) is 5.10 Å². The number of carbonyl (C=O) groups excluding carboxylic acids is 2. The maximum Gasteiger partial charge on any atom is 0.341 e. The van der Waals surface area contributed by atoms with E-state index < -0.39 is 36.5 Å². The lowest BCUT2D eigenvalue weighted by atomic mass is 10.1. The van der Waals surface area contributed by atoms with Crippen molar-refractivity contribution in [2.45, 2.75) is 25.5 Å². The van der Waals surface area contributed by atoms with E-state index in [0.717, 1.165) is 5.56 Å². The molecule has 3 aromatic rings. The Bertz CT molecular complexity index is 1370. The molecule has 2 atom stereocenters. The minimum Gasteiger partial charge on any atom is -0.493 e. The van der Waals surface area contributed by atoms with E-state index in [4.69, 9.17) is 42.5 Å². The molecular weight excluding hydrogens is 561 g/mol. The summed E-state index contributed by atoms with van der Waals surface area (Å²) in [6.45, 7) is 1.01. The van der Waals surface area contributed by atoms with Gasteiger partial charge in [0, 0.05) is 11.4 Å². The summed E-state index contributed by atoms with van der Waals surface area (Å²) in [6, 6.07) is 17.5. The van der Waals surface area contributed by atoms with Gasteiger partial charge in [-0.15, -0.1) is 0 Å². The molecule has 12 heteroatoms. The molecule has 0 spiro atoms. The molecule has 3 N–H and O–H groups in total. The number of hydrogen-bond donors (Lipinski definition) is 3. The van der Waals surface area contributed by atoms with Crippen LogP contribution in [0.5, 0.6) is 17.2 Å².